The van der Waals surface area contributed by atoms with Gasteiger partial charge in [0.25, 0.3) is 5.69 Å². The van der Waals surface area contributed by atoms with Gasteiger partial charge in [-0.3, -0.25) is 10.1 Å². The lowest BCUT2D eigenvalue weighted by atomic mass is 10.1. The molecule has 0 saturated carbocycles. The number of methoxy groups -OCH3 is 3. The monoisotopic (exact) mass is 428 g/mol. The van der Waals surface area contributed by atoms with Gasteiger partial charge < -0.3 is 28.4 Å². The second-order valence-corrected chi connectivity index (χ2v) is 6.27. The predicted molar refractivity (Wildman–Crippen MR) is 106 cm³/mol. The molecule has 0 aromatic heterocycles. The SMILES string of the molecule is COc1cc(C2=NC(=Cc3cc4c(cc3[N+](=O)[O-])OCO4)C(=O)O2)cc(OC)c1OC. The van der Waals surface area contributed by atoms with Gasteiger partial charge in [-0.05, 0) is 24.3 Å². The molecule has 2 aromatic carbocycles. The number of ether oxygens (including phenoxy) is 6. The van der Waals surface area contributed by atoms with Gasteiger partial charge in [0, 0.05) is 5.56 Å². The van der Waals surface area contributed by atoms with Crippen molar-refractivity contribution in [1.82, 2.24) is 0 Å². The fraction of sp³-hybridized carbons (Fsp3) is 0.200. The van der Waals surface area contributed by atoms with E-state index in [-0.39, 0.29) is 35.4 Å². The average Bonchev–Trinajstić information content (AvgIpc) is 3.37. The molecule has 0 atom stereocenters. The van der Waals surface area contributed by atoms with Crippen molar-refractivity contribution in [3.05, 3.63) is 51.2 Å². The maximum atomic E-state index is 12.4. The lowest BCUT2D eigenvalue weighted by molar-refractivity contribution is -0.385. The summed E-state index contributed by atoms with van der Waals surface area (Å²) in [5, 5.41) is 11.5. The number of carbonyl (C=O) groups is 1. The topological polar surface area (TPSA) is 128 Å². The van der Waals surface area contributed by atoms with Crippen LogP contribution < -0.4 is 23.7 Å². The van der Waals surface area contributed by atoms with Gasteiger partial charge >= 0.3 is 5.97 Å². The van der Waals surface area contributed by atoms with E-state index in [1.165, 1.54) is 39.5 Å². The number of nitrogens with zero attached hydrogens (tertiary/aromatic N) is 2. The summed E-state index contributed by atoms with van der Waals surface area (Å²) in [6.07, 6.45) is 1.26. The highest BCUT2D eigenvalue weighted by Crippen LogP contribution is 2.40. The van der Waals surface area contributed by atoms with Crippen molar-refractivity contribution in [2.45, 2.75) is 0 Å². The molecular weight excluding hydrogens is 412 g/mol. The summed E-state index contributed by atoms with van der Waals surface area (Å²) in [4.78, 5) is 27.5. The third-order valence-corrected chi connectivity index (χ3v) is 4.54. The van der Waals surface area contributed by atoms with Crippen molar-refractivity contribution < 1.29 is 38.1 Å². The fourth-order valence-corrected chi connectivity index (χ4v) is 3.11. The number of cyclic esters (lactones) is 1. The molecule has 0 radical (unpaired) electrons. The van der Waals surface area contributed by atoms with Crippen molar-refractivity contribution in [2.24, 2.45) is 4.99 Å². The van der Waals surface area contributed by atoms with Crippen LogP contribution in [0.25, 0.3) is 6.08 Å². The van der Waals surface area contributed by atoms with Crippen LogP contribution in [-0.2, 0) is 9.53 Å². The second-order valence-electron chi connectivity index (χ2n) is 6.27. The fourth-order valence-electron chi connectivity index (χ4n) is 3.11. The third-order valence-electron chi connectivity index (χ3n) is 4.54. The van der Waals surface area contributed by atoms with Gasteiger partial charge in [0.05, 0.1) is 37.9 Å². The number of esters is 1. The molecule has 31 heavy (non-hydrogen) atoms. The van der Waals surface area contributed by atoms with Crippen LogP contribution in [0.5, 0.6) is 28.7 Å². The number of rotatable bonds is 6. The predicted octanol–water partition coefficient (Wildman–Crippen LogP) is 2.69. The summed E-state index contributed by atoms with van der Waals surface area (Å²) in [5.74, 6) is 0.862. The van der Waals surface area contributed by atoms with E-state index in [1.54, 1.807) is 12.1 Å². The number of hydrogen-bond donors (Lipinski definition) is 0. The van der Waals surface area contributed by atoms with Crippen molar-refractivity contribution in [1.29, 1.82) is 0 Å². The molecule has 2 aromatic rings. The molecule has 4 rings (SSSR count). The van der Waals surface area contributed by atoms with Gasteiger partial charge in [0.1, 0.15) is 0 Å². The van der Waals surface area contributed by atoms with E-state index in [4.69, 9.17) is 28.4 Å². The largest absolute Gasteiger partial charge is 0.493 e. The molecule has 160 valence electrons. The highest BCUT2D eigenvalue weighted by Gasteiger charge is 2.29. The highest BCUT2D eigenvalue weighted by atomic mass is 16.7. The Morgan fingerprint density at radius 3 is 2.26 bits per heavy atom. The first-order valence-corrected chi connectivity index (χ1v) is 8.86. The van der Waals surface area contributed by atoms with Crippen LogP contribution in [-0.4, -0.2) is 44.9 Å². The van der Waals surface area contributed by atoms with Gasteiger partial charge in [0.2, 0.25) is 18.4 Å². The van der Waals surface area contributed by atoms with E-state index < -0.39 is 10.9 Å². The second kappa shape index (κ2) is 7.86. The number of benzene rings is 2. The molecule has 0 spiro atoms. The van der Waals surface area contributed by atoms with Crippen molar-refractivity contribution in [2.75, 3.05) is 28.1 Å². The molecule has 0 N–H and O–H groups in total. The minimum Gasteiger partial charge on any atom is -0.493 e. The Kier molecular flexibility index (Phi) is 5.07. The van der Waals surface area contributed by atoms with Crippen LogP contribution in [0, 0.1) is 10.1 Å². The molecule has 0 saturated heterocycles. The molecule has 0 bridgehead atoms. The first-order chi connectivity index (χ1) is 14.9. The standard InChI is InChI=1S/C20H16N2O9/c1-26-16-6-11(7-17(27-2)18(16)28-3)19-21-12(20(23)31-19)4-10-5-14-15(30-9-29-14)8-13(10)22(24)25/h4-8H,9H2,1-3H3. The van der Waals surface area contributed by atoms with Gasteiger partial charge in [-0.25, -0.2) is 9.79 Å². The number of carbonyl (C=O) groups excluding carboxylic acids is 1. The number of fused-ring (bicyclic) bond motifs is 1. The molecule has 2 aliphatic heterocycles. The quantitative estimate of drug-likeness (QED) is 0.295. The van der Waals surface area contributed by atoms with Gasteiger partial charge in [-0.15, -0.1) is 0 Å². The lowest BCUT2D eigenvalue weighted by Gasteiger charge is -2.13. The summed E-state index contributed by atoms with van der Waals surface area (Å²) in [7, 11) is 4.37. The molecule has 0 unspecified atom stereocenters. The van der Waals surface area contributed by atoms with Crippen molar-refractivity contribution in [3.8, 4) is 28.7 Å². The van der Waals surface area contributed by atoms with E-state index in [0.717, 1.165) is 0 Å². The zero-order valence-electron chi connectivity index (χ0n) is 16.7. The summed E-state index contributed by atoms with van der Waals surface area (Å²) in [5.41, 5.74) is 0.134. The minimum atomic E-state index is -0.768. The van der Waals surface area contributed by atoms with E-state index >= 15 is 0 Å². The van der Waals surface area contributed by atoms with Gasteiger partial charge in [0.15, 0.2) is 28.7 Å². The van der Waals surface area contributed by atoms with Gasteiger partial charge in [-0.1, -0.05) is 0 Å². The minimum absolute atomic E-state index is 0.0149. The van der Waals surface area contributed by atoms with Crippen LogP contribution in [0.4, 0.5) is 5.69 Å². The Morgan fingerprint density at radius 1 is 1.03 bits per heavy atom. The maximum Gasteiger partial charge on any atom is 0.363 e. The number of aliphatic imine (C=N–C) groups is 1. The zero-order chi connectivity index (χ0) is 22.1. The van der Waals surface area contributed by atoms with E-state index in [1.807, 2.05) is 0 Å². The third kappa shape index (κ3) is 3.56. The Hall–Kier alpha value is -4.28. The highest BCUT2D eigenvalue weighted by molar-refractivity contribution is 6.13. The van der Waals surface area contributed by atoms with Crippen molar-refractivity contribution >= 4 is 23.6 Å². The Labute approximate surface area is 175 Å². The normalized spacial score (nSPS) is 15.5. The molecule has 11 nitrogen and oxygen atoms in total. The number of nitro benzene ring substituents is 1. The molecule has 2 aliphatic rings. The van der Waals surface area contributed by atoms with Crippen molar-refractivity contribution in [3.63, 3.8) is 0 Å². The zero-order valence-corrected chi connectivity index (χ0v) is 16.7. The number of hydrogen-bond acceptors (Lipinski definition) is 10. The van der Waals surface area contributed by atoms with E-state index in [2.05, 4.69) is 4.99 Å². The van der Waals surface area contributed by atoms with Crippen LogP contribution in [0.1, 0.15) is 11.1 Å². The Balaban J connectivity index is 1.77. The van der Waals surface area contributed by atoms with E-state index in [0.29, 0.717) is 28.6 Å². The summed E-state index contributed by atoms with van der Waals surface area (Å²) >= 11 is 0. The summed E-state index contributed by atoms with van der Waals surface area (Å²) in [6.45, 7) is -0.0437. The molecule has 2 heterocycles. The maximum absolute atomic E-state index is 12.4. The molecule has 11 heteroatoms. The summed E-state index contributed by atoms with van der Waals surface area (Å²) < 4.78 is 31.6. The Morgan fingerprint density at radius 2 is 1.68 bits per heavy atom. The van der Waals surface area contributed by atoms with E-state index in [9.17, 15) is 14.9 Å². The first-order valence-electron chi connectivity index (χ1n) is 8.86. The van der Waals surface area contributed by atoms with Crippen LogP contribution in [0.2, 0.25) is 0 Å². The Bertz CT molecular complexity index is 1130. The number of nitro groups is 1. The molecular formula is C20H16N2O9. The van der Waals surface area contributed by atoms with Crippen LogP contribution in [0.15, 0.2) is 35.0 Å². The molecule has 0 amide bonds. The van der Waals surface area contributed by atoms with Crippen LogP contribution in [0.3, 0.4) is 0 Å². The molecule has 0 aliphatic carbocycles. The average molecular weight is 428 g/mol. The van der Waals surface area contributed by atoms with Crippen LogP contribution >= 0.6 is 0 Å². The summed E-state index contributed by atoms with van der Waals surface area (Å²) in [6, 6.07) is 5.78. The molecule has 0 fully saturated rings. The smallest absolute Gasteiger partial charge is 0.363 e. The first kappa shape index (κ1) is 20.0. The van der Waals surface area contributed by atoms with Gasteiger partial charge in [-0.2, -0.15) is 0 Å². The lowest BCUT2D eigenvalue weighted by Crippen LogP contribution is -2.07.